The van der Waals surface area contributed by atoms with Crippen LogP contribution in [0.5, 0.6) is 11.5 Å². The molecule has 0 atom stereocenters. The van der Waals surface area contributed by atoms with Crippen molar-refractivity contribution >= 4 is 11.6 Å². The lowest BCUT2D eigenvalue weighted by Gasteiger charge is -2.14. The zero-order valence-corrected chi connectivity index (χ0v) is 15.1. The lowest BCUT2D eigenvalue weighted by Crippen LogP contribution is -2.12. The summed E-state index contributed by atoms with van der Waals surface area (Å²) >= 11 is 0. The molecule has 1 amide bonds. The standard InChI is InChI=1S/C20H23F2NO3/c1-13(2)4-11-19(24)23-15-7-10-18(26-20(21)22)17(12-15)14-5-8-16(25-3)9-6-14/h5-10,12-13,20H,4,11H2,1-3H3,(H,23,24). The molecule has 1 N–H and O–H groups in total. The van der Waals surface area contributed by atoms with Gasteiger partial charge in [-0.25, -0.2) is 0 Å². The Morgan fingerprint density at radius 1 is 1.12 bits per heavy atom. The van der Waals surface area contributed by atoms with E-state index in [0.29, 0.717) is 34.9 Å². The number of anilines is 1. The van der Waals surface area contributed by atoms with Crippen LogP contribution in [0.4, 0.5) is 14.5 Å². The Labute approximate surface area is 152 Å². The highest BCUT2D eigenvalue weighted by molar-refractivity contribution is 5.92. The summed E-state index contributed by atoms with van der Waals surface area (Å²) in [6, 6.07) is 11.6. The van der Waals surface area contributed by atoms with Gasteiger partial charge in [0.05, 0.1) is 7.11 Å². The number of halogens is 2. The fraction of sp³-hybridized carbons (Fsp3) is 0.350. The van der Waals surface area contributed by atoms with Crippen molar-refractivity contribution < 1.29 is 23.0 Å². The van der Waals surface area contributed by atoms with Crippen LogP contribution in [0.2, 0.25) is 0 Å². The van der Waals surface area contributed by atoms with Crippen LogP contribution in [0.3, 0.4) is 0 Å². The Bertz CT molecular complexity index is 730. The number of methoxy groups -OCH3 is 1. The Hall–Kier alpha value is -2.63. The summed E-state index contributed by atoms with van der Waals surface area (Å²) in [6.07, 6.45) is 1.19. The topological polar surface area (TPSA) is 47.6 Å². The molecule has 0 spiro atoms. The molecular weight excluding hydrogens is 340 g/mol. The van der Waals surface area contributed by atoms with Crippen molar-refractivity contribution in [3.05, 3.63) is 42.5 Å². The van der Waals surface area contributed by atoms with Crippen molar-refractivity contribution in [2.45, 2.75) is 33.3 Å². The molecule has 2 aromatic carbocycles. The average Bonchev–Trinajstić information content (AvgIpc) is 2.61. The van der Waals surface area contributed by atoms with Crippen LogP contribution in [0, 0.1) is 5.92 Å². The number of amides is 1. The Morgan fingerprint density at radius 3 is 2.38 bits per heavy atom. The minimum atomic E-state index is -2.93. The van der Waals surface area contributed by atoms with Crippen LogP contribution in [0.25, 0.3) is 11.1 Å². The van der Waals surface area contributed by atoms with Gasteiger partial charge in [0.1, 0.15) is 11.5 Å². The number of carbonyl (C=O) groups excluding carboxylic acids is 1. The molecule has 140 valence electrons. The summed E-state index contributed by atoms with van der Waals surface area (Å²) in [5, 5.41) is 2.80. The quantitative estimate of drug-likeness (QED) is 0.689. The zero-order chi connectivity index (χ0) is 19.1. The molecule has 0 radical (unpaired) electrons. The SMILES string of the molecule is COc1ccc(-c2cc(NC(=O)CCC(C)C)ccc2OC(F)F)cc1. The highest BCUT2D eigenvalue weighted by Crippen LogP contribution is 2.34. The lowest BCUT2D eigenvalue weighted by molar-refractivity contribution is -0.116. The predicted octanol–water partition coefficient (Wildman–Crippen LogP) is 5.34. The summed E-state index contributed by atoms with van der Waals surface area (Å²) < 4.78 is 35.2. The molecule has 0 heterocycles. The van der Waals surface area contributed by atoms with Gasteiger partial charge in [-0.15, -0.1) is 0 Å². The first-order valence-corrected chi connectivity index (χ1v) is 8.42. The first-order chi connectivity index (χ1) is 12.4. The van der Waals surface area contributed by atoms with E-state index in [1.165, 1.54) is 6.07 Å². The number of alkyl halides is 2. The monoisotopic (exact) mass is 363 g/mol. The van der Waals surface area contributed by atoms with Gasteiger partial charge in [-0.1, -0.05) is 26.0 Å². The van der Waals surface area contributed by atoms with E-state index in [-0.39, 0.29) is 11.7 Å². The van der Waals surface area contributed by atoms with Gasteiger partial charge in [-0.05, 0) is 48.2 Å². The number of nitrogens with one attached hydrogen (secondary N) is 1. The van der Waals surface area contributed by atoms with Crippen LogP contribution >= 0.6 is 0 Å². The van der Waals surface area contributed by atoms with Crippen molar-refractivity contribution in [2.75, 3.05) is 12.4 Å². The lowest BCUT2D eigenvalue weighted by atomic mass is 10.0. The van der Waals surface area contributed by atoms with Gasteiger partial charge in [-0.3, -0.25) is 4.79 Å². The van der Waals surface area contributed by atoms with E-state index in [1.54, 1.807) is 43.5 Å². The minimum absolute atomic E-state index is 0.0466. The summed E-state index contributed by atoms with van der Waals surface area (Å²) in [4.78, 5) is 12.0. The second-order valence-corrected chi connectivity index (χ2v) is 6.30. The van der Waals surface area contributed by atoms with Crippen LogP contribution in [0.15, 0.2) is 42.5 Å². The third kappa shape index (κ3) is 5.72. The second kappa shape index (κ2) is 9.17. The van der Waals surface area contributed by atoms with Gasteiger partial charge in [0, 0.05) is 17.7 Å². The average molecular weight is 363 g/mol. The number of hydrogen-bond donors (Lipinski definition) is 1. The van der Waals surface area contributed by atoms with E-state index in [1.807, 2.05) is 13.8 Å². The number of carbonyl (C=O) groups is 1. The fourth-order valence-electron chi connectivity index (χ4n) is 2.45. The van der Waals surface area contributed by atoms with E-state index >= 15 is 0 Å². The molecule has 0 aliphatic rings. The zero-order valence-electron chi connectivity index (χ0n) is 15.1. The smallest absolute Gasteiger partial charge is 0.387 e. The maximum atomic E-state index is 12.7. The molecule has 0 aliphatic heterocycles. The largest absolute Gasteiger partial charge is 0.497 e. The van der Waals surface area contributed by atoms with E-state index < -0.39 is 6.61 Å². The van der Waals surface area contributed by atoms with Gasteiger partial charge >= 0.3 is 6.61 Å². The predicted molar refractivity (Wildman–Crippen MR) is 97.8 cm³/mol. The maximum Gasteiger partial charge on any atom is 0.387 e. The van der Waals surface area contributed by atoms with Crippen LogP contribution in [-0.4, -0.2) is 19.6 Å². The van der Waals surface area contributed by atoms with Crippen LogP contribution < -0.4 is 14.8 Å². The third-order valence-corrected chi connectivity index (χ3v) is 3.83. The van der Waals surface area contributed by atoms with Crippen molar-refractivity contribution in [3.63, 3.8) is 0 Å². The maximum absolute atomic E-state index is 12.7. The molecule has 2 rings (SSSR count). The molecule has 6 heteroatoms. The Morgan fingerprint density at radius 2 is 1.81 bits per heavy atom. The first kappa shape index (κ1) is 19.7. The minimum Gasteiger partial charge on any atom is -0.497 e. The van der Waals surface area contributed by atoms with E-state index in [9.17, 15) is 13.6 Å². The van der Waals surface area contributed by atoms with Gasteiger partial charge in [-0.2, -0.15) is 8.78 Å². The van der Waals surface area contributed by atoms with Crippen molar-refractivity contribution in [1.29, 1.82) is 0 Å². The molecule has 0 aromatic heterocycles. The summed E-state index contributed by atoms with van der Waals surface area (Å²) in [6.45, 7) is 1.16. The molecule has 0 fully saturated rings. The molecule has 26 heavy (non-hydrogen) atoms. The highest BCUT2D eigenvalue weighted by Gasteiger charge is 2.14. The first-order valence-electron chi connectivity index (χ1n) is 8.42. The number of benzene rings is 2. The van der Waals surface area contributed by atoms with E-state index in [2.05, 4.69) is 10.1 Å². The van der Waals surface area contributed by atoms with Gasteiger partial charge in [0.15, 0.2) is 0 Å². The highest BCUT2D eigenvalue weighted by atomic mass is 19.3. The second-order valence-electron chi connectivity index (χ2n) is 6.30. The summed E-state index contributed by atoms with van der Waals surface area (Å²) in [5.74, 6) is 1.02. The van der Waals surface area contributed by atoms with E-state index in [4.69, 9.17) is 4.74 Å². The van der Waals surface area contributed by atoms with Crippen LogP contribution in [-0.2, 0) is 4.79 Å². The number of ether oxygens (including phenoxy) is 2. The summed E-state index contributed by atoms with van der Waals surface area (Å²) in [7, 11) is 1.55. The van der Waals surface area contributed by atoms with Crippen LogP contribution in [0.1, 0.15) is 26.7 Å². The number of rotatable bonds is 8. The molecule has 0 unspecified atom stereocenters. The van der Waals surface area contributed by atoms with Crippen molar-refractivity contribution in [3.8, 4) is 22.6 Å². The molecule has 2 aromatic rings. The van der Waals surface area contributed by atoms with Crippen molar-refractivity contribution in [1.82, 2.24) is 0 Å². The van der Waals surface area contributed by atoms with Gasteiger partial charge in [0.2, 0.25) is 5.91 Å². The van der Waals surface area contributed by atoms with Gasteiger partial charge in [0.25, 0.3) is 0 Å². The molecular formula is C20H23F2NO3. The normalized spacial score (nSPS) is 10.9. The molecule has 0 saturated carbocycles. The van der Waals surface area contributed by atoms with Crippen molar-refractivity contribution in [2.24, 2.45) is 5.92 Å². The summed E-state index contributed by atoms with van der Waals surface area (Å²) in [5.41, 5.74) is 1.68. The molecule has 4 nitrogen and oxygen atoms in total. The fourth-order valence-corrected chi connectivity index (χ4v) is 2.45. The number of hydrogen-bond acceptors (Lipinski definition) is 3. The molecule has 0 saturated heterocycles. The van der Waals surface area contributed by atoms with Gasteiger partial charge < -0.3 is 14.8 Å². The molecule has 0 aliphatic carbocycles. The molecule has 0 bridgehead atoms. The van der Waals surface area contributed by atoms with E-state index in [0.717, 1.165) is 6.42 Å². The Balaban J connectivity index is 2.28. The third-order valence-electron chi connectivity index (χ3n) is 3.83. The Kier molecular flexibility index (Phi) is 6.95.